The maximum atomic E-state index is 12.7. The molecule has 7 heteroatoms. The van der Waals surface area contributed by atoms with Gasteiger partial charge in [0, 0.05) is 37.2 Å². The van der Waals surface area contributed by atoms with Gasteiger partial charge in [-0.1, -0.05) is 13.8 Å². The first kappa shape index (κ1) is 17.5. The molecule has 0 saturated carbocycles. The highest BCUT2D eigenvalue weighted by atomic mass is 32.2. The van der Waals surface area contributed by atoms with Crippen LogP contribution in [-0.4, -0.2) is 67.3 Å². The average Bonchev–Trinajstić information content (AvgIpc) is 2.53. The Labute approximate surface area is 134 Å². The van der Waals surface area contributed by atoms with Gasteiger partial charge in [0.15, 0.2) is 0 Å². The molecule has 2 aliphatic heterocycles. The second-order valence-corrected chi connectivity index (χ2v) is 9.25. The molecule has 2 fully saturated rings. The Hall–Kier alpha value is 0.180. The van der Waals surface area contributed by atoms with E-state index in [0.29, 0.717) is 37.3 Å². The zero-order valence-electron chi connectivity index (χ0n) is 13.3. The maximum absolute atomic E-state index is 12.7. The van der Waals surface area contributed by atoms with Crippen molar-refractivity contribution >= 4 is 22.0 Å². The summed E-state index contributed by atoms with van der Waals surface area (Å²) >= 11 is 1.91. The van der Waals surface area contributed by atoms with E-state index in [1.165, 1.54) is 0 Å². The number of rotatable bonds is 6. The Bertz CT molecular complexity index is 408. The fourth-order valence-electron chi connectivity index (χ4n) is 3.00. The molecule has 2 rings (SSSR count). The lowest BCUT2D eigenvalue weighted by Crippen LogP contribution is -2.51. The van der Waals surface area contributed by atoms with Gasteiger partial charge in [-0.3, -0.25) is 0 Å². The molecular weight excluding hydrogens is 306 g/mol. The van der Waals surface area contributed by atoms with Crippen molar-refractivity contribution in [1.82, 2.24) is 13.9 Å². The van der Waals surface area contributed by atoms with Gasteiger partial charge in [0.25, 0.3) is 10.2 Å². The lowest BCUT2D eigenvalue weighted by molar-refractivity contribution is 0.250. The van der Waals surface area contributed by atoms with E-state index in [-0.39, 0.29) is 0 Å². The Morgan fingerprint density at radius 2 is 1.86 bits per heavy atom. The maximum Gasteiger partial charge on any atom is 0.282 e. The van der Waals surface area contributed by atoms with Crippen LogP contribution >= 0.6 is 11.8 Å². The van der Waals surface area contributed by atoms with Crippen LogP contribution in [0.2, 0.25) is 0 Å². The molecule has 21 heavy (non-hydrogen) atoms. The monoisotopic (exact) mass is 335 g/mol. The third-order valence-corrected chi connectivity index (χ3v) is 7.84. The fourth-order valence-corrected chi connectivity index (χ4v) is 6.08. The first-order valence-corrected chi connectivity index (χ1v) is 10.6. The Kier molecular flexibility index (Phi) is 6.80. The summed E-state index contributed by atoms with van der Waals surface area (Å²) in [6.07, 6.45) is 3.00. The Balaban J connectivity index is 1.89. The Morgan fingerprint density at radius 1 is 1.14 bits per heavy atom. The predicted molar refractivity (Wildman–Crippen MR) is 89.9 cm³/mol. The number of hydrogen-bond acceptors (Lipinski definition) is 4. The van der Waals surface area contributed by atoms with Gasteiger partial charge in [0.05, 0.1) is 0 Å². The van der Waals surface area contributed by atoms with E-state index in [1.54, 1.807) is 8.61 Å². The summed E-state index contributed by atoms with van der Waals surface area (Å²) in [6, 6.07) is 0. The van der Waals surface area contributed by atoms with Gasteiger partial charge in [-0.25, -0.2) is 0 Å². The van der Waals surface area contributed by atoms with Gasteiger partial charge in [-0.05, 0) is 38.3 Å². The highest BCUT2D eigenvalue weighted by Gasteiger charge is 2.35. The predicted octanol–water partition coefficient (Wildman–Crippen LogP) is 1.38. The minimum atomic E-state index is -3.24. The van der Waals surface area contributed by atoms with E-state index in [2.05, 4.69) is 19.2 Å². The normalized spacial score (nSPS) is 27.0. The van der Waals surface area contributed by atoms with Crippen molar-refractivity contribution in [2.75, 3.05) is 45.0 Å². The van der Waals surface area contributed by atoms with E-state index in [9.17, 15) is 8.42 Å². The van der Waals surface area contributed by atoms with Crippen LogP contribution in [0.5, 0.6) is 0 Å². The molecule has 1 unspecified atom stereocenters. The average molecular weight is 336 g/mol. The topological polar surface area (TPSA) is 52.7 Å². The van der Waals surface area contributed by atoms with Gasteiger partial charge in [-0.15, -0.1) is 0 Å². The first-order valence-electron chi connectivity index (χ1n) is 8.15. The van der Waals surface area contributed by atoms with Crippen LogP contribution in [0, 0.1) is 5.92 Å². The quantitative estimate of drug-likeness (QED) is 0.797. The minimum Gasteiger partial charge on any atom is -0.317 e. The molecule has 0 bridgehead atoms. The van der Waals surface area contributed by atoms with E-state index in [4.69, 9.17) is 0 Å². The highest BCUT2D eigenvalue weighted by Crippen LogP contribution is 2.26. The highest BCUT2D eigenvalue weighted by molar-refractivity contribution is 8.00. The number of hydrogen-bond donors (Lipinski definition) is 1. The van der Waals surface area contributed by atoms with Crippen LogP contribution in [-0.2, 0) is 10.2 Å². The molecule has 0 radical (unpaired) electrons. The molecule has 2 saturated heterocycles. The standard InChI is InChI=1S/C14H29N3O2S2/c1-3-14-12-17(9-10-20-14)21(18,19)16-7-5-13(6-8-16)11-15-4-2/h13-15H,3-12H2,1-2H3. The van der Waals surface area contributed by atoms with Crippen LogP contribution < -0.4 is 5.32 Å². The number of nitrogens with one attached hydrogen (secondary N) is 1. The number of thioether (sulfide) groups is 1. The van der Waals surface area contributed by atoms with Gasteiger partial charge in [0.2, 0.25) is 0 Å². The summed E-state index contributed by atoms with van der Waals surface area (Å²) in [5.74, 6) is 1.55. The molecule has 0 aromatic rings. The number of nitrogens with zero attached hydrogens (tertiary/aromatic N) is 2. The van der Waals surface area contributed by atoms with Crippen molar-refractivity contribution in [3.63, 3.8) is 0 Å². The smallest absolute Gasteiger partial charge is 0.282 e. The molecule has 0 aromatic carbocycles. The molecule has 0 aliphatic carbocycles. The van der Waals surface area contributed by atoms with Crippen molar-refractivity contribution in [2.24, 2.45) is 5.92 Å². The fraction of sp³-hybridized carbons (Fsp3) is 1.00. The van der Waals surface area contributed by atoms with E-state index < -0.39 is 10.2 Å². The summed E-state index contributed by atoms with van der Waals surface area (Å²) < 4.78 is 28.9. The van der Waals surface area contributed by atoms with E-state index >= 15 is 0 Å². The van der Waals surface area contributed by atoms with Crippen molar-refractivity contribution in [2.45, 2.75) is 38.4 Å². The summed E-state index contributed by atoms with van der Waals surface area (Å²) in [5, 5.41) is 3.83. The van der Waals surface area contributed by atoms with Gasteiger partial charge in [-0.2, -0.15) is 28.8 Å². The molecular formula is C14H29N3O2S2. The molecule has 124 valence electrons. The lowest BCUT2D eigenvalue weighted by atomic mass is 9.98. The van der Waals surface area contributed by atoms with Crippen LogP contribution in [0.3, 0.4) is 0 Å². The van der Waals surface area contributed by atoms with Crippen molar-refractivity contribution < 1.29 is 8.42 Å². The number of piperidine rings is 1. The van der Waals surface area contributed by atoms with Crippen LogP contribution in [0.15, 0.2) is 0 Å². The van der Waals surface area contributed by atoms with Crippen molar-refractivity contribution in [3.8, 4) is 0 Å². The molecule has 1 N–H and O–H groups in total. The molecule has 0 spiro atoms. The van der Waals surface area contributed by atoms with Crippen molar-refractivity contribution in [3.05, 3.63) is 0 Å². The third kappa shape index (κ3) is 4.58. The first-order chi connectivity index (χ1) is 10.1. The third-order valence-electron chi connectivity index (χ3n) is 4.47. The van der Waals surface area contributed by atoms with E-state index in [1.807, 2.05) is 11.8 Å². The molecule has 0 aromatic heterocycles. The Morgan fingerprint density at radius 3 is 2.48 bits per heavy atom. The second-order valence-electron chi connectivity index (χ2n) is 5.92. The zero-order valence-corrected chi connectivity index (χ0v) is 14.9. The van der Waals surface area contributed by atoms with E-state index in [0.717, 1.165) is 38.1 Å². The van der Waals surface area contributed by atoms with Crippen LogP contribution in [0.4, 0.5) is 0 Å². The zero-order chi connectivity index (χ0) is 15.3. The van der Waals surface area contributed by atoms with Gasteiger partial charge in [0.1, 0.15) is 0 Å². The van der Waals surface area contributed by atoms with Gasteiger partial charge >= 0.3 is 0 Å². The summed E-state index contributed by atoms with van der Waals surface area (Å²) in [6.45, 7) is 8.96. The van der Waals surface area contributed by atoms with Crippen LogP contribution in [0.1, 0.15) is 33.1 Å². The largest absolute Gasteiger partial charge is 0.317 e. The van der Waals surface area contributed by atoms with Crippen LogP contribution in [0.25, 0.3) is 0 Å². The summed E-state index contributed by atoms with van der Waals surface area (Å²) in [4.78, 5) is 0. The lowest BCUT2D eigenvalue weighted by Gasteiger charge is -2.38. The summed E-state index contributed by atoms with van der Waals surface area (Å²) in [7, 11) is -3.24. The molecule has 1 atom stereocenters. The second kappa shape index (κ2) is 8.15. The van der Waals surface area contributed by atoms with Gasteiger partial charge < -0.3 is 5.32 Å². The summed E-state index contributed by atoms with van der Waals surface area (Å²) in [5.41, 5.74) is 0. The SMILES string of the molecule is CCNCC1CCN(S(=O)(=O)N2CCSC(CC)C2)CC1. The van der Waals surface area contributed by atoms with Crippen molar-refractivity contribution in [1.29, 1.82) is 0 Å². The molecule has 0 amide bonds. The molecule has 5 nitrogen and oxygen atoms in total. The molecule has 2 aliphatic rings. The minimum absolute atomic E-state index is 0.458. The molecule has 2 heterocycles.